The maximum atomic E-state index is 9.42. The summed E-state index contributed by atoms with van der Waals surface area (Å²) >= 11 is 1.81. The highest BCUT2D eigenvalue weighted by atomic mass is 32.1. The first-order chi connectivity index (χ1) is 11.3. The number of hydrogen-bond acceptors (Lipinski definition) is 3. The van der Waals surface area contributed by atoms with Gasteiger partial charge in [-0.15, -0.1) is 11.3 Å². The average Bonchev–Trinajstić information content (AvgIpc) is 3.22. The fraction of sp³-hybridized carbons (Fsp3) is 0.579. The van der Waals surface area contributed by atoms with E-state index in [4.69, 9.17) is 0 Å². The molecule has 1 fully saturated rings. The molecule has 0 saturated heterocycles. The summed E-state index contributed by atoms with van der Waals surface area (Å²) in [5.74, 6) is 0. The van der Waals surface area contributed by atoms with Crippen molar-refractivity contribution < 1.29 is 5.11 Å². The summed E-state index contributed by atoms with van der Waals surface area (Å²) in [6.45, 7) is 3.21. The molecule has 0 aromatic carbocycles. The molecule has 0 radical (unpaired) electrons. The smallest absolute Gasteiger partial charge is 0.0566 e. The molecule has 2 aromatic rings. The maximum Gasteiger partial charge on any atom is 0.0566 e. The first-order valence-corrected chi connectivity index (χ1v) is 9.67. The number of aromatic nitrogens is 1. The quantitative estimate of drug-likeness (QED) is 0.766. The minimum atomic E-state index is 0.316. The minimum absolute atomic E-state index is 0.316. The molecule has 1 aliphatic rings. The van der Waals surface area contributed by atoms with Crippen LogP contribution in [0.5, 0.6) is 0 Å². The van der Waals surface area contributed by atoms with Crippen molar-refractivity contribution in [1.82, 2.24) is 9.88 Å². The van der Waals surface area contributed by atoms with Gasteiger partial charge in [-0.3, -0.25) is 0 Å². The largest absolute Gasteiger partial charge is 0.396 e. The number of hydrogen-bond donors (Lipinski definition) is 2. The van der Waals surface area contributed by atoms with Crippen LogP contribution in [0.15, 0.2) is 35.8 Å². The van der Waals surface area contributed by atoms with E-state index in [0.717, 1.165) is 26.1 Å². The maximum absolute atomic E-state index is 9.42. The lowest BCUT2D eigenvalue weighted by Crippen LogP contribution is -2.37. The topological polar surface area (TPSA) is 37.2 Å². The Morgan fingerprint density at radius 1 is 1.17 bits per heavy atom. The average molecular weight is 333 g/mol. The minimum Gasteiger partial charge on any atom is -0.396 e. The Labute approximate surface area is 143 Å². The van der Waals surface area contributed by atoms with Gasteiger partial charge in [0.15, 0.2) is 0 Å². The number of rotatable bonds is 8. The third kappa shape index (κ3) is 4.46. The number of thiophene rings is 1. The van der Waals surface area contributed by atoms with Crippen molar-refractivity contribution >= 4 is 11.3 Å². The van der Waals surface area contributed by atoms with Gasteiger partial charge in [-0.1, -0.05) is 25.3 Å². The molecule has 4 heteroatoms. The molecule has 0 unspecified atom stereocenters. The summed E-state index contributed by atoms with van der Waals surface area (Å²) < 4.78 is 2.33. The molecule has 3 rings (SSSR count). The summed E-state index contributed by atoms with van der Waals surface area (Å²) in [4.78, 5) is 1.39. The Morgan fingerprint density at radius 2 is 2.04 bits per heavy atom. The molecular formula is C19H28N2OS. The van der Waals surface area contributed by atoms with Crippen molar-refractivity contribution in [2.75, 3.05) is 13.2 Å². The zero-order valence-electron chi connectivity index (χ0n) is 13.8. The van der Waals surface area contributed by atoms with Crippen molar-refractivity contribution in [2.45, 2.75) is 51.6 Å². The first kappa shape index (κ1) is 16.7. The highest BCUT2D eigenvalue weighted by Crippen LogP contribution is 2.38. The van der Waals surface area contributed by atoms with E-state index >= 15 is 0 Å². The second-order valence-corrected chi connectivity index (χ2v) is 7.88. The van der Waals surface area contributed by atoms with E-state index in [1.54, 1.807) is 0 Å². The fourth-order valence-electron chi connectivity index (χ4n) is 3.84. The molecule has 1 aliphatic carbocycles. The van der Waals surface area contributed by atoms with Crippen LogP contribution in [-0.4, -0.2) is 22.8 Å². The van der Waals surface area contributed by atoms with Crippen LogP contribution in [0.4, 0.5) is 0 Å². The van der Waals surface area contributed by atoms with Gasteiger partial charge in [0.2, 0.25) is 0 Å². The van der Waals surface area contributed by atoms with Gasteiger partial charge in [-0.2, -0.15) is 0 Å². The van der Waals surface area contributed by atoms with Gasteiger partial charge >= 0.3 is 0 Å². The van der Waals surface area contributed by atoms with Gasteiger partial charge in [-0.25, -0.2) is 0 Å². The number of aliphatic hydroxyl groups is 1. The lowest BCUT2D eigenvalue weighted by atomic mass is 9.72. The van der Waals surface area contributed by atoms with Crippen molar-refractivity contribution in [3.8, 4) is 0 Å². The van der Waals surface area contributed by atoms with Gasteiger partial charge in [0, 0.05) is 36.5 Å². The molecule has 2 N–H and O–H groups in total. The Kier molecular flexibility index (Phi) is 5.92. The van der Waals surface area contributed by atoms with E-state index in [0.29, 0.717) is 12.0 Å². The fourth-order valence-corrected chi connectivity index (χ4v) is 4.55. The first-order valence-electron chi connectivity index (χ1n) is 8.79. The summed E-state index contributed by atoms with van der Waals surface area (Å²) in [5, 5.41) is 15.2. The number of nitrogens with one attached hydrogen (secondary N) is 1. The summed E-state index contributed by atoms with van der Waals surface area (Å²) in [7, 11) is 0. The van der Waals surface area contributed by atoms with Crippen LogP contribution in [0.3, 0.4) is 0 Å². The Balaban J connectivity index is 1.55. The molecule has 0 atom stereocenters. The predicted octanol–water partition coefficient (Wildman–Crippen LogP) is 4.02. The standard InChI is InChI=1S/C19H28N2OS/c22-12-10-19(8-2-1-3-9-19)16-20-14-17-6-4-11-21(17)15-18-7-5-13-23-18/h4-7,11,13,20,22H,1-3,8-10,12,14-16H2. The predicted molar refractivity (Wildman–Crippen MR) is 96.8 cm³/mol. The van der Waals surface area contributed by atoms with E-state index in [9.17, 15) is 5.11 Å². The molecule has 0 aliphatic heterocycles. The highest BCUT2D eigenvalue weighted by molar-refractivity contribution is 7.09. The zero-order chi connectivity index (χ0) is 16.0. The van der Waals surface area contributed by atoms with E-state index in [-0.39, 0.29) is 0 Å². The van der Waals surface area contributed by atoms with Crippen LogP contribution in [-0.2, 0) is 13.1 Å². The zero-order valence-corrected chi connectivity index (χ0v) is 14.7. The van der Waals surface area contributed by atoms with E-state index in [1.165, 1.54) is 42.7 Å². The third-order valence-corrected chi connectivity index (χ3v) is 6.05. The van der Waals surface area contributed by atoms with Crippen molar-refractivity contribution in [2.24, 2.45) is 5.41 Å². The van der Waals surface area contributed by atoms with Crippen LogP contribution in [0.1, 0.15) is 49.1 Å². The number of aliphatic hydroxyl groups excluding tert-OH is 1. The molecular weight excluding hydrogens is 304 g/mol. The second kappa shape index (κ2) is 8.13. The lowest BCUT2D eigenvalue weighted by Gasteiger charge is -2.37. The monoisotopic (exact) mass is 332 g/mol. The molecule has 1 saturated carbocycles. The Hall–Kier alpha value is -1.10. The second-order valence-electron chi connectivity index (χ2n) is 6.84. The van der Waals surface area contributed by atoms with E-state index in [1.807, 2.05) is 11.3 Å². The van der Waals surface area contributed by atoms with E-state index < -0.39 is 0 Å². The lowest BCUT2D eigenvalue weighted by molar-refractivity contribution is 0.126. The van der Waals surface area contributed by atoms with Crippen LogP contribution in [0.2, 0.25) is 0 Å². The van der Waals surface area contributed by atoms with Gasteiger partial charge < -0.3 is 15.0 Å². The van der Waals surface area contributed by atoms with Gasteiger partial charge in [0.25, 0.3) is 0 Å². The highest BCUT2D eigenvalue weighted by Gasteiger charge is 2.30. The molecule has 23 heavy (non-hydrogen) atoms. The molecule has 0 amide bonds. The van der Waals surface area contributed by atoms with Crippen molar-refractivity contribution in [1.29, 1.82) is 0 Å². The SMILES string of the molecule is OCCC1(CNCc2cccn2Cc2cccs2)CCCCC1. The molecule has 2 heterocycles. The molecule has 0 spiro atoms. The summed E-state index contributed by atoms with van der Waals surface area (Å²) in [5.41, 5.74) is 1.66. The van der Waals surface area contributed by atoms with Crippen molar-refractivity contribution in [3.63, 3.8) is 0 Å². The van der Waals surface area contributed by atoms with Gasteiger partial charge in [0.1, 0.15) is 0 Å². The third-order valence-electron chi connectivity index (χ3n) is 5.19. The van der Waals surface area contributed by atoms with Gasteiger partial charge in [-0.05, 0) is 48.3 Å². The molecule has 2 aromatic heterocycles. The van der Waals surface area contributed by atoms with Gasteiger partial charge in [0.05, 0.1) is 6.54 Å². The van der Waals surface area contributed by atoms with Crippen molar-refractivity contribution in [3.05, 3.63) is 46.4 Å². The van der Waals surface area contributed by atoms with Crippen LogP contribution >= 0.6 is 11.3 Å². The van der Waals surface area contributed by atoms with E-state index in [2.05, 4.69) is 45.7 Å². The van der Waals surface area contributed by atoms with Crippen LogP contribution in [0, 0.1) is 5.41 Å². The normalized spacial score (nSPS) is 17.4. The summed E-state index contributed by atoms with van der Waals surface area (Å²) in [6, 6.07) is 8.65. The molecule has 3 nitrogen and oxygen atoms in total. The molecule has 0 bridgehead atoms. The Morgan fingerprint density at radius 3 is 2.78 bits per heavy atom. The van der Waals surface area contributed by atoms with Crippen LogP contribution in [0.25, 0.3) is 0 Å². The number of nitrogens with zero attached hydrogens (tertiary/aromatic N) is 1. The Bertz CT molecular complexity index is 564. The summed E-state index contributed by atoms with van der Waals surface area (Å²) in [6.07, 6.45) is 9.62. The van der Waals surface area contributed by atoms with Crippen LogP contribution < -0.4 is 5.32 Å². The molecule has 126 valence electrons.